The molecule has 6 nitrogen and oxygen atoms in total. The van der Waals surface area contributed by atoms with E-state index in [0.717, 1.165) is 48.6 Å². The van der Waals surface area contributed by atoms with Crippen LogP contribution >= 0.6 is 0 Å². The summed E-state index contributed by atoms with van der Waals surface area (Å²) in [4.78, 5) is 20.8. The number of carboxylic acids is 1. The molecule has 152 valence electrons. The van der Waals surface area contributed by atoms with Crippen LogP contribution in [0.3, 0.4) is 0 Å². The normalized spacial score (nSPS) is 11.0. The maximum atomic E-state index is 11.5. The lowest BCUT2D eigenvalue weighted by Crippen LogP contribution is -2.08. The minimum absolute atomic E-state index is 0.278. The number of unbranched alkanes of at least 4 members (excludes halogenated alkanes) is 2. The van der Waals surface area contributed by atoms with E-state index in [1.54, 1.807) is 24.4 Å². The lowest BCUT2D eigenvalue weighted by Gasteiger charge is -2.08. The van der Waals surface area contributed by atoms with Gasteiger partial charge in [0.05, 0.1) is 17.8 Å². The number of aromatic carboxylic acids is 1. The van der Waals surface area contributed by atoms with E-state index in [4.69, 9.17) is 4.98 Å². The molecular formula is C23H28N4O2. The maximum absolute atomic E-state index is 11.5. The number of aromatic nitrogens is 4. The van der Waals surface area contributed by atoms with E-state index in [1.807, 2.05) is 22.9 Å². The predicted molar refractivity (Wildman–Crippen MR) is 113 cm³/mol. The molecule has 29 heavy (non-hydrogen) atoms. The van der Waals surface area contributed by atoms with Crippen LogP contribution < -0.4 is 0 Å². The van der Waals surface area contributed by atoms with E-state index in [9.17, 15) is 9.90 Å². The van der Waals surface area contributed by atoms with Gasteiger partial charge in [-0.15, -0.1) is 0 Å². The second-order valence-corrected chi connectivity index (χ2v) is 7.20. The van der Waals surface area contributed by atoms with Crippen molar-refractivity contribution in [3.05, 3.63) is 65.5 Å². The molecule has 0 atom stereocenters. The van der Waals surface area contributed by atoms with E-state index in [1.165, 1.54) is 12.8 Å². The summed E-state index contributed by atoms with van der Waals surface area (Å²) in [5.74, 6) is 0.975. The summed E-state index contributed by atoms with van der Waals surface area (Å²) >= 11 is 0. The van der Waals surface area contributed by atoms with Crippen molar-refractivity contribution in [2.75, 3.05) is 0 Å². The van der Waals surface area contributed by atoms with Crippen LogP contribution in [-0.2, 0) is 19.4 Å². The highest BCUT2D eigenvalue weighted by atomic mass is 16.4. The summed E-state index contributed by atoms with van der Waals surface area (Å²) in [6, 6.07) is 10.8. The molecule has 0 radical (unpaired) electrons. The highest BCUT2D eigenvalue weighted by molar-refractivity contribution is 5.95. The van der Waals surface area contributed by atoms with Crippen LogP contribution in [0.5, 0.6) is 0 Å². The van der Waals surface area contributed by atoms with E-state index in [2.05, 4.69) is 23.9 Å². The Kier molecular flexibility index (Phi) is 7.11. The van der Waals surface area contributed by atoms with Gasteiger partial charge in [0, 0.05) is 24.6 Å². The number of hydrogen-bond acceptors (Lipinski definition) is 4. The van der Waals surface area contributed by atoms with Gasteiger partial charge in [-0.3, -0.25) is 4.98 Å². The average molecular weight is 393 g/mol. The smallest absolute Gasteiger partial charge is 0.336 e. The third-order valence-corrected chi connectivity index (χ3v) is 4.87. The number of pyridine rings is 1. The molecule has 0 saturated carbocycles. The number of carboxylic acid groups (broad SMARTS) is 1. The van der Waals surface area contributed by atoms with E-state index in [0.29, 0.717) is 12.1 Å². The van der Waals surface area contributed by atoms with Gasteiger partial charge in [0.2, 0.25) is 0 Å². The first-order valence-electron chi connectivity index (χ1n) is 10.3. The van der Waals surface area contributed by atoms with Crippen LogP contribution in [0.2, 0.25) is 0 Å². The monoisotopic (exact) mass is 392 g/mol. The van der Waals surface area contributed by atoms with E-state index >= 15 is 0 Å². The van der Waals surface area contributed by atoms with Gasteiger partial charge in [-0.1, -0.05) is 51.0 Å². The van der Waals surface area contributed by atoms with Gasteiger partial charge < -0.3 is 5.11 Å². The van der Waals surface area contributed by atoms with Crippen LogP contribution in [0, 0.1) is 0 Å². The Balaban J connectivity index is 1.80. The molecule has 6 heteroatoms. The van der Waals surface area contributed by atoms with Crippen molar-refractivity contribution >= 4 is 5.97 Å². The number of benzene rings is 1. The molecule has 0 spiro atoms. The van der Waals surface area contributed by atoms with Gasteiger partial charge >= 0.3 is 5.97 Å². The Hall–Kier alpha value is -3.02. The van der Waals surface area contributed by atoms with Crippen molar-refractivity contribution in [2.24, 2.45) is 0 Å². The summed E-state index contributed by atoms with van der Waals surface area (Å²) in [7, 11) is 0. The fraction of sp³-hybridized carbons (Fsp3) is 0.391. The summed E-state index contributed by atoms with van der Waals surface area (Å²) in [5, 5.41) is 14.1. The van der Waals surface area contributed by atoms with Crippen LogP contribution in [0.15, 0.2) is 42.6 Å². The van der Waals surface area contributed by atoms with Gasteiger partial charge in [0.25, 0.3) is 0 Å². The second-order valence-electron chi connectivity index (χ2n) is 7.20. The molecule has 0 aliphatic carbocycles. The standard InChI is InChI=1S/C23H28N4O2/c1-3-5-6-12-22-25-21(9-4-2)26-27(22)16-18-14-13-17(15-24-18)19-10-7-8-11-20(19)23(28)29/h7-8,10-11,13-15H,3-6,9,12,16H2,1-2H3,(H,28,29). The van der Waals surface area contributed by atoms with Crippen molar-refractivity contribution in [1.29, 1.82) is 0 Å². The minimum Gasteiger partial charge on any atom is -0.478 e. The minimum atomic E-state index is -0.938. The quantitative estimate of drug-likeness (QED) is 0.503. The molecule has 0 aliphatic rings. The molecular weight excluding hydrogens is 364 g/mol. The van der Waals surface area contributed by atoms with Gasteiger partial charge in [-0.2, -0.15) is 5.10 Å². The number of aryl methyl sites for hydroxylation is 2. The van der Waals surface area contributed by atoms with Crippen LogP contribution in [-0.4, -0.2) is 30.8 Å². The first kappa shape index (κ1) is 20.7. The van der Waals surface area contributed by atoms with E-state index < -0.39 is 5.97 Å². The lowest BCUT2D eigenvalue weighted by atomic mass is 10.0. The van der Waals surface area contributed by atoms with Crippen molar-refractivity contribution in [3.63, 3.8) is 0 Å². The Bertz CT molecular complexity index is 948. The molecule has 3 rings (SSSR count). The molecule has 0 bridgehead atoms. The van der Waals surface area contributed by atoms with Crippen molar-refractivity contribution in [1.82, 2.24) is 19.7 Å². The Morgan fingerprint density at radius 2 is 1.86 bits per heavy atom. The summed E-state index contributed by atoms with van der Waals surface area (Å²) < 4.78 is 1.97. The summed E-state index contributed by atoms with van der Waals surface area (Å²) in [6.07, 6.45) is 8.04. The Morgan fingerprint density at radius 1 is 1.03 bits per heavy atom. The Labute approximate surface area is 171 Å². The van der Waals surface area contributed by atoms with Gasteiger partial charge in [0.15, 0.2) is 5.82 Å². The summed E-state index contributed by atoms with van der Waals surface area (Å²) in [5.41, 5.74) is 2.62. The average Bonchev–Trinajstić information content (AvgIpc) is 3.10. The molecule has 0 aliphatic heterocycles. The number of hydrogen-bond donors (Lipinski definition) is 1. The molecule has 2 aromatic heterocycles. The van der Waals surface area contributed by atoms with Crippen LogP contribution in [0.1, 0.15) is 67.2 Å². The molecule has 0 fully saturated rings. The number of nitrogens with zero attached hydrogens (tertiary/aromatic N) is 4. The first-order chi connectivity index (χ1) is 14.1. The molecule has 1 N–H and O–H groups in total. The second kappa shape index (κ2) is 9.96. The predicted octanol–water partition coefficient (Wildman–Crippen LogP) is 4.77. The third-order valence-electron chi connectivity index (χ3n) is 4.87. The molecule has 3 aromatic rings. The largest absolute Gasteiger partial charge is 0.478 e. The first-order valence-corrected chi connectivity index (χ1v) is 10.3. The Morgan fingerprint density at radius 3 is 2.55 bits per heavy atom. The molecule has 1 aromatic carbocycles. The van der Waals surface area contributed by atoms with Crippen molar-refractivity contribution in [2.45, 2.75) is 58.9 Å². The molecule has 0 unspecified atom stereocenters. The zero-order valence-electron chi connectivity index (χ0n) is 17.1. The van der Waals surface area contributed by atoms with E-state index in [-0.39, 0.29) is 5.56 Å². The third kappa shape index (κ3) is 5.28. The zero-order chi connectivity index (χ0) is 20.6. The van der Waals surface area contributed by atoms with Crippen LogP contribution in [0.4, 0.5) is 0 Å². The maximum Gasteiger partial charge on any atom is 0.336 e. The molecule has 0 saturated heterocycles. The summed E-state index contributed by atoms with van der Waals surface area (Å²) in [6.45, 7) is 4.90. The fourth-order valence-electron chi connectivity index (χ4n) is 3.35. The van der Waals surface area contributed by atoms with Gasteiger partial charge in [-0.25, -0.2) is 14.5 Å². The zero-order valence-corrected chi connectivity index (χ0v) is 17.1. The fourth-order valence-corrected chi connectivity index (χ4v) is 3.35. The van der Waals surface area contributed by atoms with Gasteiger partial charge in [-0.05, 0) is 30.5 Å². The van der Waals surface area contributed by atoms with Crippen molar-refractivity contribution < 1.29 is 9.90 Å². The molecule has 0 amide bonds. The molecule has 2 heterocycles. The topological polar surface area (TPSA) is 80.9 Å². The SMILES string of the molecule is CCCCCc1nc(CCC)nn1Cc1ccc(-c2ccccc2C(=O)O)cn1. The van der Waals surface area contributed by atoms with Crippen LogP contribution in [0.25, 0.3) is 11.1 Å². The van der Waals surface area contributed by atoms with Crippen molar-refractivity contribution in [3.8, 4) is 11.1 Å². The highest BCUT2D eigenvalue weighted by Crippen LogP contribution is 2.23. The highest BCUT2D eigenvalue weighted by Gasteiger charge is 2.13. The van der Waals surface area contributed by atoms with Gasteiger partial charge in [0.1, 0.15) is 5.82 Å². The number of rotatable bonds is 10. The lowest BCUT2D eigenvalue weighted by molar-refractivity contribution is 0.0697. The number of carbonyl (C=O) groups is 1.